The number of thioether (sulfide) groups is 1. The van der Waals surface area contributed by atoms with Gasteiger partial charge in [-0.25, -0.2) is 4.79 Å². The van der Waals surface area contributed by atoms with Crippen LogP contribution in [0.2, 0.25) is 0 Å². The van der Waals surface area contributed by atoms with Crippen molar-refractivity contribution >= 4 is 23.7 Å². The molecule has 2 heterocycles. The van der Waals surface area contributed by atoms with Gasteiger partial charge in [0.15, 0.2) is 0 Å². The van der Waals surface area contributed by atoms with E-state index >= 15 is 0 Å². The first-order valence-electron chi connectivity index (χ1n) is 11.2. The standard InChI is InChI=1S/C25H31N3O2S/c1-17(23(18-10-4-2-5-11-18)19-12-6-3-7-13-19)26-22(29)15-9-8-14-21-24-20(16-31-21)27-25(30)28-24/h2-7,10-13,17,20-21,23-24H,8-9,14-16H2,1H3,(H,26,29)(H2,27,28,30)/t17-,20+,21+,24+/m1/s1. The van der Waals surface area contributed by atoms with Gasteiger partial charge in [-0.15, -0.1) is 0 Å². The zero-order chi connectivity index (χ0) is 21.6. The number of hydrogen-bond acceptors (Lipinski definition) is 3. The van der Waals surface area contributed by atoms with E-state index < -0.39 is 0 Å². The lowest BCUT2D eigenvalue weighted by atomic mass is 9.85. The number of unbranched alkanes of at least 4 members (excludes halogenated alkanes) is 1. The van der Waals surface area contributed by atoms with Crippen molar-refractivity contribution in [2.75, 3.05) is 5.75 Å². The highest BCUT2D eigenvalue weighted by Gasteiger charge is 2.42. The number of benzene rings is 2. The van der Waals surface area contributed by atoms with Crippen molar-refractivity contribution in [2.24, 2.45) is 0 Å². The van der Waals surface area contributed by atoms with Crippen LogP contribution in [0.5, 0.6) is 0 Å². The minimum absolute atomic E-state index is 0.00298. The molecule has 0 bridgehead atoms. The predicted molar refractivity (Wildman–Crippen MR) is 126 cm³/mol. The predicted octanol–water partition coefficient (Wildman–Crippen LogP) is 4.05. The maximum absolute atomic E-state index is 12.7. The molecule has 0 saturated carbocycles. The number of carbonyl (C=O) groups is 2. The zero-order valence-corrected chi connectivity index (χ0v) is 18.7. The molecule has 4 atom stereocenters. The fourth-order valence-corrected chi connectivity index (χ4v) is 6.32. The Morgan fingerprint density at radius 2 is 1.68 bits per heavy atom. The number of amides is 3. The van der Waals surface area contributed by atoms with Crippen LogP contribution in [0.25, 0.3) is 0 Å². The van der Waals surface area contributed by atoms with E-state index in [0.29, 0.717) is 11.7 Å². The molecule has 0 radical (unpaired) electrons. The van der Waals surface area contributed by atoms with E-state index in [1.54, 1.807) is 0 Å². The summed E-state index contributed by atoms with van der Waals surface area (Å²) in [5.41, 5.74) is 2.42. The third kappa shape index (κ3) is 5.42. The van der Waals surface area contributed by atoms with Gasteiger partial charge >= 0.3 is 6.03 Å². The van der Waals surface area contributed by atoms with Crippen LogP contribution in [0.4, 0.5) is 4.79 Å². The van der Waals surface area contributed by atoms with Crippen molar-refractivity contribution in [1.29, 1.82) is 0 Å². The zero-order valence-electron chi connectivity index (χ0n) is 17.9. The summed E-state index contributed by atoms with van der Waals surface area (Å²) in [4.78, 5) is 24.2. The summed E-state index contributed by atoms with van der Waals surface area (Å²) in [6.45, 7) is 2.09. The third-order valence-electron chi connectivity index (χ3n) is 6.29. The molecular formula is C25H31N3O2S. The molecule has 164 valence electrons. The van der Waals surface area contributed by atoms with E-state index in [0.717, 1.165) is 25.0 Å². The highest BCUT2D eigenvalue weighted by Crippen LogP contribution is 2.33. The van der Waals surface area contributed by atoms with Gasteiger partial charge in [-0.2, -0.15) is 11.8 Å². The molecule has 0 spiro atoms. The molecule has 3 amide bonds. The highest BCUT2D eigenvalue weighted by atomic mass is 32.2. The Morgan fingerprint density at radius 3 is 2.32 bits per heavy atom. The smallest absolute Gasteiger partial charge is 0.315 e. The van der Waals surface area contributed by atoms with Gasteiger partial charge in [-0.05, 0) is 30.9 Å². The number of hydrogen-bond donors (Lipinski definition) is 3. The van der Waals surface area contributed by atoms with E-state index in [-0.39, 0.29) is 36.0 Å². The average Bonchev–Trinajstić information content (AvgIpc) is 3.32. The molecule has 0 aliphatic carbocycles. The summed E-state index contributed by atoms with van der Waals surface area (Å²) in [6, 6.07) is 21.2. The summed E-state index contributed by atoms with van der Waals surface area (Å²) in [5.74, 6) is 1.21. The third-order valence-corrected chi connectivity index (χ3v) is 7.80. The van der Waals surface area contributed by atoms with Crippen LogP contribution in [0, 0.1) is 0 Å². The first-order chi connectivity index (χ1) is 15.1. The topological polar surface area (TPSA) is 70.2 Å². The number of urea groups is 1. The molecule has 31 heavy (non-hydrogen) atoms. The number of nitrogens with one attached hydrogen (secondary N) is 3. The Kier molecular flexibility index (Phi) is 7.17. The van der Waals surface area contributed by atoms with Crippen molar-refractivity contribution in [3.05, 3.63) is 71.8 Å². The molecule has 2 aliphatic heterocycles. The van der Waals surface area contributed by atoms with E-state index in [1.807, 2.05) is 48.2 Å². The van der Waals surface area contributed by atoms with Gasteiger partial charge in [-0.1, -0.05) is 67.1 Å². The van der Waals surface area contributed by atoms with Gasteiger partial charge in [0.1, 0.15) is 0 Å². The Balaban J connectivity index is 1.26. The Morgan fingerprint density at radius 1 is 1.03 bits per heavy atom. The molecule has 2 aromatic carbocycles. The molecule has 6 heteroatoms. The fraction of sp³-hybridized carbons (Fsp3) is 0.440. The largest absolute Gasteiger partial charge is 0.353 e. The summed E-state index contributed by atoms with van der Waals surface area (Å²) in [6.07, 6.45) is 3.44. The molecule has 3 N–H and O–H groups in total. The van der Waals surface area contributed by atoms with Crippen LogP contribution in [-0.4, -0.2) is 41.1 Å². The fourth-order valence-electron chi connectivity index (χ4n) is 4.77. The Labute approximate surface area is 188 Å². The summed E-state index contributed by atoms with van der Waals surface area (Å²) in [5, 5.41) is 9.70. The van der Waals surface area contributed by atoms with E-state index in [1.165, 1.54) is 11.1 Å². The van der Waals surface area contributed by atoms with E-state index in [9.17, 15) is 9.59 Å². The normalized spacial score (nSPS) is 23.2. The molecule has 2 aliphatic rings. The average molecular weight is 438 g/mol. The lowest BCUT2D eigenvalue weighted by Gasteiger charge is -2.26. The SMILES string of the molecule is C[C@@H](NC(=O)CCCC[C@@H]1SC[C@@H]2NC(=O)N[C@@H]21)C(c1ccccc1)c1ccccc1. The monoisotopic (exact) mass is 437 g/mol. The molecule has 2 saturated heterocycles. The number of fused-ring (bicyclic) bond motifs is 1. The molecule has 2 fully saturated rings. The van der Waals surface area contributed by atoms with Crippen molar-refractivity contribution < 1.29 is 9.59 Å². The lowest BCUT2D eigenvalue weighted by Crippen LogP contribution is -2.37. The molecule has 0 aromatic heterocycles. The van der Waals surface area contributed by atoms with Gasteiger partial charge in [0.05, 0.1) is 12.1 Å². The second kappa shape index (κ2) is 10.2. The molecule has 5 nitrogen and oxygen atoms in total. The van der Waals surface area contributed by atoms with Crippen molar-refractivity contribution in [3.8, 4) is 0 Å². The molecular weight excluding hydrogens is 406 g/mol. The van der Waals surface area contributed by atoms with Crippen LogP contribution in [0.3, 0.4) is 0 Å². The molecule has 0 unspecified atom stereocenters. The summed E-state index contributed by atoms with van der Waals surface area (Å²) >= 11 is 1.93. The van der Waals surface area contributed by atoms with Crippen molar-refractivity contribution in [2.45, 2.75) is 61.9 Å². The minimum Gasteiger partial charge on any atom is -0.353 e. The second-order valence-corrected chi connectivity index (χ2v) is 9.80. The van der Waals surface area contributed by atoms with Gasteiger partial charge in [-0.3, -0.25) is 4.79 Å². The quantitative estimate of drug-likeness (QED) is 0.409. The first-order valence-corrected chi connectivity index (χ1v) is 12.2. The highest BCUT2D eigenvalue weighted by molar-refractivity contribution is 8.00. The van der Waals surface area contributed by atoms with Crippen molar-refractivity contribution in [3.63, 3.8) is 0 Å². The van der Waals surface area contributed by atoms with Crippen LogP contribution >= 0.6 is 11.8 Å². The Bertz CT molecular complexity index is 837. The number of carbonyl (C=O) groups excluding carboxylic acids is 2. The van der Waals surface area contributed by atoms with Crippen LogP contribution in [0.15, 0.2) is 60.7 Å². The second-order valence-electron chi connectivity index (χ2n) is 8.52. The van der Waals surface area contributed by atoms with E-state index in [2.05, 4.69) is 47.1 Å². The van der Waals surface area contributed by atoms with Crippen LogP contribution < -0.4 is 16.0 Å². The molecule has 4 rings (SSSR count). The van der Waals surface area contributed by atoms with Crippen molar-refractivity contribution in [1.82, 2.24) is 16.0 Å². The number of rotatable bonds is 9. The van der Waals surface area contributed by atoms with Gasteiger partial charge in [0.2, 0.25) is 5.91 Å². The Hall–Kier alpha value is -2.47. The van der Waals surface area contributed by atoms with Gasteiger partial charge < -0.3 is 16.0 Å². The van der Waals surface area contributed by atoms with Crippen LogP contribution in [-0.2, 0) is 4.79 Å². The lowest BCUT2D eigenvalue weighted by molar-refractivity contribution is -0.121. The van der Waals surface area contributed by atoms with Gasteiger partial charge in [0.25, 0.3) is 0 Å². The first kappa shape index (κ1) is 21.8. The van der Waals surface area contributed by atoms with Crippen LogP contribution in [0.1, 0.15) is 49.7 Å². The van der Waals surface area contributed by atoms with E-state index in [4.69, 9.17) is 0 Å². The minimum atomic E-state index is -0.0416. The summed E-state index contributed by atoms with van der Waals surface area (Å²) < 4.78 is 0. The molecule has 2 aromatic rings. The summed E-state index contributed by atoms with van der Waals surface area (Å²) in [7, 11) is 0. The maximum Gasteiger partial charge on any atom is 0.315 e. The maximum atomic E-state index is 12.7. The van der Waals surface area contributed by atoms with Gasteiger partial charge in [0, 0.05) is 29.4 Å².